The van der Waals surface area contributed by atoms with Crippen LogP contribution in [0.4, 0.5) is 0 Å². The second kappa shape index (κ2) is 5.93. The number of nitrogens with zero attached hydrogens (tertiary/aromatic N) is 1. The lowest BCUT2D eigenvalue weighted by molar-refractivity contribution is 0.309. The van der Waals surface area contributed by atoms with Crippen molar-refractivity contribution in [2.24, 2.45) is 5.73 Å². The van der Waals surface area contributed by atoms with Gasteiger partial charge in [-0.2, -0.15) is 0 Å². The van der Waals surface area contributed by atoms with Crippen molar-refractivity contribution in [1.82, 2.24) is 4.98 Å². The second-order valence-corrected chi connectivity index (χ2v) is 5.32. The average molecular weight is 278 g/mol. The first kappa shape index (κ1) is 13.0. The molecule has 0 amide bonds. The summed E-state index contributed by atoms with van der Waals surface area (Å²) in [5.74, 6) is 0.527. The molecule has 2 N–H and O–H groups in total. The Morgan fingerprint density at radius 3 is 2.94 bits per heavy atom. The van der Waals surface area contributed by atoms with E-state index in [2.05, 4.69) is 16.4 Å². The minimum absolute atomic E-state index is 0.314. The number of hydrogen-bond donors (Lipinski definition) is 1. The Morgan fingerprint density at radius 2 is 2.28 bits per heavy atom. The molecule has 0 unspecified atom stereocenters. The molecule has 2 rings (SSSR count). The third-order valence-corrected chi connectivity index (χ3v) is 3.59. The van der Waals surface area contributed by atoms with Crippen LogP contribution in [0.3, 0.4) is 0 Å². The van der Waals surface area contributed by atoms with Crippen LogP contribution in [0.25, 0.3) is 0 Å². The van der Waals surface area contributed by atoms with Gasteiger partial charge in [0.05, 0.1) is 12.2 Å². The maximum Gasteiger partial charge on any atom is 0.223 e. The van der Waals surface area contributed by atoms with Crippen LogP contribution in [0.2, 0.25) is 0 Å². The van der Waals surface area contributed by atoms with E-state index in [4.69, 9.17) is 22.7 Å². The molecule has 0 spiro atoms. The van der Waals surface area contributed by atoms with Gasteiger partial charge in [-0.3, -0.25) is 0 Å². The number of ether oxygens (including phenoxy) is 1. The Hall–Kier alpha value is -1.46. The van der Waals surface area contributed by atoms with Gasteiger partial charge in [0.15, 0.2) is 0 Å². The number of thiophene rings is 1. The summed E-state index contributed by atoms with van der Waals surface area (Å²) in [7, 11) is 0. The molecule has 2 heterocycles. The Kier molecular flexibility index (Phi) is 4.28. The maximum atomic E-state index is 5.68. The van der Waals surface area contributed by atoms with Crippen molar-refractivity contribution in [2.75, 3.05) is 6.61 Å². The van der Waals surface area contributed by atoms with E-state index >= 15 is 0 Å². The van der Waals surface area contributed by atoms with E-state index in [9.17, 15) is 0 Å². The molecule has 5 heteroatoms. The highest BCUT2D eigenvalue weighted by Crippen LogP contribution is 2.17. The lowest BCUT2D eigenvalue weighted by atomic mass is 10.2. The maximum absolute atomic E-state index is 5.68. The summed E-state index contributed by atoms with van der Waals surface area (Å²) in [6, 6.07) is 7.85. The van der Waals surface area contributed by atoms with Crippen molar-refractivity contribution in [1.29, 1.82) is 0 Å². The van der Waals surface area contributed by atoms with Crippen molar-refractivity contribution in [2.45, 2.75) is 13.3 Å². The van der Waals surface area contributed by atoms with E-state index in [0.29, 0.717) is 23.0 Å². The van der Waals surface area contributed by atoms with Crippen molar-refractivity contribution in [3.63, 3.8) is 0 Å². The fourth-order valence-corrected chi connectivity index (χ4v) is 2.38. The van der Waals surface area contributed by atoms with Crippen molar-refractivity contribution in [3.8, 4) is 5.88 Å². The van der Waals surface area contributed by atoms with Gasteiger partial charge in [0.1, 0.15) is 4.99 Å². The van der Waals surface area contributed by atoms with Crippen LogP contribution in [-0.2, 0) is 6.42 Å². The minimum Gasteiger partial charge on any atom is -0.477 e. The predicted octanol–water partition coefficient (Wildman–Crippen LogP) is 2.71. The summed E-state index contributed by atoms with van der Waals surface area (Å²) in [5, 5.41) is 2.06. The van der Waals surface area contributed by atoms with Gasteiger partial charge in [0.25, 0.3) is 0 Å². The smallest absolute Gasteiger partial charge is 0.223 e. The topological polar surface area (TPSA) is 48.1 Å². The molecule has 2 aromatic rings. The van der Waals surface area contributed by atoms with Gasteiger partial charge < -0.3 is 10.5 Å². The third kappa shape index (κ3) is 3.27. The Balaban J connectivity index is 2.03. The van der Waals surface area contributed by atoms with Gasteiger partial charge in [-0.25, -0.2) is 4.98 Å². The molecular weight excluding hydrogens is 264 g/mol. The van der Waals surface area contributed by atoms with Crippen molar-refractivity contribution in [3.05, 3.63) is 45.8 Å². The third-order valence-electron chi connectivity index (χ3n) is 2.43. The summed E-state index contributed by atoms with van der Waals surface area (Å²) in [6.07, 6.45) is 0.865. The first-order valence-electron chi connectivity index (χ1n) is 5.59. The highest BCUT2D eigenvalue weighted by atomic mass is 32.1. The quantitative estimate of drug-likeness (QED) is 0.854. The zero-order chi connectivity index (χ0) is 13.0. The zero-order valence-electron chi connectivity index (χ0n) is 10.1. The highest BCUT2D eigenvalue weighted by Gasteiger charge is 2.08. The van der Waals surface area contributed by atoms with Crippen LogP contribution in [-0.4, -0.2) is 16.6 Å². The molecule has 0 saturated heterocycles. The molecule has 0 atom stereocenters. The summed E-state index contributed by atoms with van der Waals surface area (Å²) in [4.78, 5) is 5.93. The van der Waals surface area contributed by atoms with Crippen molar-refractivity contribution >= 4 is 28.5 Å². The van der Waals surface area contributed by atoms with E-state index in [1.807, 2.05) is 25.1 Å². The predicted molar refractivity (Wildman–Crippen MR) is 78.4 cm³/mol. The van der Waals surface area contributed by atoms with Crippen molar-refractivity contribution < 1.29 is 4.74 Å². The number of aromatic nitrogens is 1. The SMILES string of the molecule is Cc1ccc(C(N)=S)c(OCCc2cccs2)n1. The van der Waals surface area contributed by atoms with Crippen LogP contribution in [0.1, 0.15) is 16.1 Å². The molecule has 0 aromatic carbocycles. The Morgan fingerprint density at radius 1 is 1.44 bits per heavy atom. The second-order valence-electron chi connectivity index (χ2n) is 3.85. The van der Waals surface area contributed by atoms with Crippen LogP contribution in [0, 0.1) is 6.92 Å². The lowest BCUT2D eigenvalue weighted by Gasteiger charge is -2.09. The number of pyridine rings is 1. The molecule has 0 bridgehead atoms. The van der Waals surface area contributed by atoms with Gasteiger partial charge in [-0.05, 0) is 30.5 Å². The lowest BCUT2D eigenvalue weighted by Crippen LogP contribution is -2.14. The Labute approximate surface area is 116 Å². The average Bonchev–Trinajstić information content (AvgIpc) is 2.82. The first-order valence-corrected chi connectivity index (χ1v) is 6.88. The fourth-order valence-electron chi connectivity index (χ4n) is 1.53. The van der Waals surface area contributed by atoms with Gasteiger partial charge in [0, 0.05) is 17.0 Å². The van der Waals surface area contributed by atoms with Gasteiger partial charge in [0.2, 0.25) is 5.88 Å². The van der Waals surface area contributed by atoms with E-state index < -0.39 is 0 Å². The molecule has 2 aromatic heterocycles. The number of hydrogen-bond acceptors (Lipinski definition) is 4. The van der Waals surface area contributed by atoms with E-state index in [1.165, 1.54) is 4.88 Å². The molecular formula is C13H14N2OS2. The molecule has 0 saturated carbocycles. The standard InChI is InChI=1S/C13H14N2OS2/c1-9-4-5-11(12(14)17)13(15-9)16-7-6-10-3-2-8-18-10/h2-5,8H,6-7H2,1H3,(H2,14,17). The number of nitrogens with two attached hydrogens (primary N) is 1. The number of thiocarbonyl (C=S) groups is 1. The molecule has 0 aliphatic carbocycles. The van der Waals surface area contributed by atoms with Gasteiger partial charge in [-0.15, -0.1) is 11.3 Å². The summed E-state index contributed by atoms with van der Waals surface area (Å²) >= 11 is 6.70. The molecule has 0 aliphatic rings. The van der Waals surface area contributed by atoms with Crippen LogP contribution >= 0.6 is 23.6 Å². The summed E-state index contributed by atoms with van der Waals surface area (Å²) < 4.78 is 5.68. The van der Waals surface area contributed by atoms with Crippen LogP contribution in [0.15, 0.2) is 29.6 Å². The molecule has 94 valence electrons. The fraction of sp³-hybridized carbons (Fsp3) is 0.231. The summed E-state index contributed by atoms with van der Waals surface area (Å²) in [5.41, 5.74) is 7.23. The molecule has 18 heavy (non-hydrogen) atoms. The monoisotopic (exact) mass is 278 g/mol. The molecule has 3 nitrogen and oxygen atoms in total. The normalized spacial score (nSPS) is 10.3. The first-order chi connectivity index (χ1) is 8.66. The minimum atomic E-state index is 0.314. The van der Waals surface area contributed by atoms with Crippen LogP contribution < -0.4 is 10.5 Å². The van der Waals surface area contributed by atoms with Gasteiger partial charge in [-0.1, -0.05) is 18.3 Å². The van der Waals surface area contributed by atoms with Crippen LogP contribution in [0.5, 0.6) is 5.88 Å². The molecule has 0 aliphatic heterocycles. The number of rotatable bonds is 5. The van der Waals surface area contributed by atoms with E-state index in [0.717, 1.165) is 12.1 Å². The number of aryl methyl sites for hydroxylation is 1. The highest BCUT2D eigenvalue weighted by molar-refractivity contribution is 7.80. The molecule has 0 fully saturated rings. The largest absolute Gasteiger partial charge is 0.477 e. The Bertz CT molecular complexity index is 538. The zero-order valence-corrected chi connectivity index (χ0v) is 11.7. The van der Waals surface area contributed by atoms with Gasteiger partial charge >= 0.3 is 0 Å². The van der Waals surface area contributed by atoms with E-state index in [-0.39, 0.29) is 0 Å². The molecule has 0 radical (unpaired) electrons. The van der Waals surface area contributed by atoms with E-state index in [1.54, 1.807) is 11.3 Å². The summed E-state index contributed by atoms with van der Waals surface area (Å²) in [6.45, 7) is 2.49.